The summed E-state index contributed by atoms with van der Waals surface area (Å²) in [5.74, 6) is 0.569. The van der Waals surface area contributed by atoms with Crippen LogP contribution in [0.3, 0.4) is 0 Å². The van der Waals surface area contributed by atoms with Crippen molar-refractivity contribution in [3.8, 4) is 11.5 Å². The van der Waals surface area contributed by atoms with E-state index in [2.05, 4.69) is 0 Å². The monoisotopic (exact) mass is 273 g/mol. The van der Waals surface area contributed by atoms with Crippen molar-refractivity contribution in [2.45, 2.75) is 33.2 Å². The van der Waals surface area contributed by atoms with Gasteiger partial charge >= 0.3 is 0 Å². The van der Waals surface area contributed by atoms with Gasteiger partial charge < -0.3 is 10.5 Å². The van der Waals surface area contributed by atoms with Gasteiger partial charge in [-0.25, -0.2) is 4.39 Å². The summed E-state index contributed by atoms with van der Waals surface area (Å²) in [5.41, 5.74) is 8.74. The number of aryl methyl sites for hydroxylation is 1. The molecule has 2 rings (SSSR count). The van der Waals surface area contributed by atoms with Crippen molar-refractivity contribution in [3.63, 3.8) is 0 Å². The summed E-state index contributed by atoms with van der Waals surface area (Å²) in [5, 5.41) is 0. The molecule has 20 heavy (non-hydrogen) atoms. The van der Waals surface area contributed by atoms with E-state index in [4.69, 9.17) is 10.5 Å². The van der Waals surface area contributed by atoms with Gasteiger partial charge in [-0.3, -0.25) is 0 Å². The quantitative estimate of drug-likeness (QED) is 0.909. The van der Waals surface area contributed by atoms with Crippen LogP contribution in [0, 0.1) is 19.7 Å². The fraction of sp³-hybridized carbons (Fsp3) is 0.294. The lowest BCUT2D eigenvalue weighted by Gasteiger charge is -2.12. The van der Waals surface area contributed by atoms with E-state index in [0.717, 1.165) is 16.7 Å². The van der Waals surface area contributed by atoms with E-state index in [1.807, 2.05) is 45.0 Å². The first-order valence-corrected chi connectivity index (χ1v) is 6.75. The van der Waals surface area contributed by atoms with Gasteiger partial charge in [0.25, 0.3) is 0 Å². The third kappa shape index (κ3) is 3.36. The molecule has 0 radical (unpaired) electrons. The molecule has 1 atom stereocenters. The molecule has 0 spiro atoms. The highest BCUT2D eigenvalue weighted by molar-refractivity contribution is 5.42. The highest BCUT2D eigenvalue weighted by atomic mass is 19.1. The van der Waals surface area contributed by atoms with Crippen LogP contribution in [0.15, 0.2) is 36.4 Å². The Kier molecular flexibility index (Phi) is 4.40. The van der Waals surface area contributed by atoms with Gasteiger partial charge in [-0.1, -0.05) is 18.2 Å². The smallest absolute Gasteiger partial charge is 0.165 e. The van der Waals surface area contributed by atoms with Crippen molar-refractivity contribution < 1.29 is 9.13 Å². The van der Waals surface area contributed by atoms with Crippen molar-refractivity contribution in [3.05, 3.63) is 58.9 Å². The fourth-order valence-corrected chi connectivity index (χ4v) is 2.08. The molecule has 2 aromatic rings. The second-order valence-corrected chi connectivity index (χ2v) is 5.25. The van der Waals surface area contributed by atoms with Crippen LogP contribution in [-0.2, 0) is 6.42 Å². The minimum atomic E-state index is -0.357. The Morgan fingerprint density at radius 2 is 1.90 bits per heavy atom. The van der Waals surface area contributed by atoms with Crippen molar-refractivity contribution in [1.29, 1.82) is 0 Å². The molecular formula is C17H20FNO. The molecule has 0 aliphatic carbocycles. The summed E-state index contributed by atoms with van der Waals surface area (Å²) in [4.78, 5) is 0. The summed E-state index contributed by atoms with van der Waals surface area (Å²) in [6.45, 7) is 5.87. The van der Waals surface area contributed by atoms with Crippen molar-refractivity contribution in [1.82, 2.24) is 0 Å². The minimum absolute atomic E-state index is 0.0141. The summed E-state index contributed by atoms with van der Waals surface area (Å²) >= 11 is 0. The topological polar surface area (TPSA) is 35.2 Å². The number of ether oxygens (including phenoxy) is 1. The number of halogens is 1. The summed E-state index contributed by atoms with van der Waals surface area (Å²) in [6, 6.07) is 10.8. The predicted molar refractivity (Wildman–Crippen MR) is 79.7 cm³/mol. The van der Waals surface area contributed by atoms with E-state index >= 15 is 0 Å². The van der Waals surface area contributed by atoms with Gasteiger partial charge in [-0.2, -0.15) is 0 Å². The molecule has 0 amide bonds. The number of nitrogens with two attached hydrogens (primary N) is 1. The molecule has 0 aromatic heterocycles. The lowest BCUT2D eigenvalue weighted by molar-refractivity contribution is 0.438. The minimum Gasteiger partial charge on any atom is -0.454 e. The highest BCUT2D eigenvalue weighted by Gasteiger charge is 2.09. The Morgan fingerprint density at radius 1 is 1.15 bits per heavy atom. The number of rotatable bonds is 4. The van der Waals surface area contributed by atoms with Crippen molar-refractivity contribution in [2.24, 2.45) is 5.73 Å². The van der Waals surface area contributed by atoms with Crippen LogP contribution >= 0.6 is 0 Å². The Hall–Kier alpha value is -1.87. The molecule has 0 bridgehead atoms. The Bertz CT molecular complexity index is 608. The van der Waals surface area contributed by atoms with Gasteiger partial charge in [0.05, 0.1) is 0 Å². The molecular weight excluding hydrogens is 253 g/mol. The molecule has 0 fully saturated rings. The zero-order valence-electron chi connectivity index (χ0n) is 12.1. The second kappa shape index (κ2) is 6.06. The first-order valence-electron chi connectivity index (χ1n) is 6.75. The first kappa shape index (κ1) is 14.5. The number of hydrogen-bond donors (Lipinski definition) is 1. The molecule has 0 aliphatic rings. The van der Waals surface area contributed by atoms with Crippen LogP contribution in [0.5, 0.6) is 11.5 Å². The van der Waals surface area contributed by atoms with Crippen LogP contribution in [0.1, 0.15) is 23.6 Å². The summed E-state index contributed by atoms with van der Waals surface area (Å²) < 4.78 is 19.7. The average Bonchev–Trinajstić information content (AvgIpc) is 2.37. The standard InChI is InChI=1S/C17H20FNO/c1-11-5-4-6-16(13(11)3)20-17-8-7-14(9-12(2)19)10-15(17)18/h4-8,10,12H,9,19H2,1-3H3. The maximum atomic E-state index is 14.1. The van der Waals surface area contributed by atoms with E-state index < -0.39 is 0 Å². The molecule has 0 aliphatic heterocycles. The molecule has 1 unspecified atom stereocenters. The molecule has 2 nitrogen and oxygen atoms in total. The van der Waals surface area contributed by atoms with Crippen molar-refractivity contribution >= 4 is 0 Å². The van der Waals surface area contributed by atoms with E-state index in [1.165, 1.54) is 6.07 Å². The average molecular weight is 273 g/mol. The Labute approximate surface area is 119 Å². The zero-order chi connectivity index (χ0) is 14.7. The van der Waals surface area contributed by atoms with Crippen LogP contribution in [-0.4, -0.2) is 6.04 Å². The molecule has 2 N–H and O–H groups in total. The van der Waals surface area contributed by atoms with Crippen LogP contribution in [0.25, 0.3) is 0 Å². The van der Waals surface area contributed by atoms with E-state index in [-0.39, 0.29) is 17.6 Å². The Morgan fingerprint density at radius 3 is 2.55 bits per heavy atom. The largest absolute Gasteiger partial charge is 0.454 e. The zero-order valence-corrected chi connectivity index (χ0v) is 12.1. The third-order valence-corrected chi connectivity index (χ3v) is 3.33. The van der Waals surface area contributed by atoms with E-state index in [9.17, 15) is 4.39 Å². The Balaban J connectivity index is 2.24. The van der Waals surface area contributed by atoms with Crippen LogP contribution in [0.4, 0.5) is 4.39 Å². The predicted octanol–water partition coefficient (Wildman–Crippen LogP) is 4.12. The molecule has 0 saturated carbocycles. The second-order valence-electron chi connectivity index (χ2n) is 5.25. The summed E-state index contributed by atoms with van der Waals surface area (Å²) in [6.07, 6.45) is 0.653. The van der Waals surface area contributed by atoms with Crippen LogP contribution in [0.2, 0.25) is 0 Å². The number of hydrogen-bond acceptors (Lipinski definition) is 2. The summed E-state index contributed by atoms with van der Waals surface area (Å²) in [7, 11) is 0. The molecule has 3 heteroatoms. The van der Waals surface area contributed by atoms with Gasteiger partial charge in [0.2, 0.25) is 0 Å². The first-order chi connectivity index (χ1) is 9.47. The molecule has 0 heterocycles. The molecule has 2 aromatic carbocycles. The van der Waals surface area contributed by atoms with Crippen LogP contribution < -0.4 is 10.5 Å². The molecule has 0 saturated heterocycles. The SMILES string of the molecule is Cc1cccc(Oc2ccc(CC(C)N)cc2F)c1C. The molecule has 106 valence electrons. The van der Waals surface area contributed by atoms with Gasteiger partial charge in [0.1, 0.15) is 5.75 Å². The highest BCUT2D eigenvalue weighted by Crippen LogP contribution is 2.29. The van der Waals surface area contributed by atoms with Gasteiger partial charge in [0, 0.05) is 6.04 Å². The fourth-order valence-electron chi connectivity index (χ4n) is 2.08. The van der Waals surface area contributed by atoms with E-state index in [1.54, 1.807) is 6.07 Å². The number of benzene rings is 2. The third-order valence-electron chi connectivity index (χ3n) is 3.33. The maximum Gasteiger partial charge on any atom is 0.165 e. The maximum absolute atomic E-state index is 14.1. The van der Waals surface area contributed by atoms with E-state index in [0.29, 0.717) is 12.2 Å². The van der Waals surface area contributed by atoms with Gasteiger partial charge in [-0.05, 0) is 62.1 Å². The van der Waals surface area contributed by atoms with Gasteiger partial charge in [0.15, 0.2) is 11.6 Å². The lowest BCUT2D eigenvalue weighted by Crippen LogP contribution is -2.17. The lowest BCUT2D eigenvalue weighted by atomic mass is 10.1. The van der Waals surface area contributed by atoms with Gasteiger partial charge in [-0.15, -0.1) is 0 Å². The van der Waals surface area contributed by atoms with Crippen molar-refractivity contribution in [2.75, 3.05) is 0 Å². The normalized spacial score (nSPS) is 12.2.